The average molecular weight is 339 g/mol. The summed E-state index contributed by atoms with van der Waals surface area (Å²) in [6, 6.07) is 20.0. The van der Waals surface area contributed by atoms with Gasteiger partial charge in [-0.15, -0.1) is 0 Å². The van der Waals surface area contributed by atoms with Crippen LogP contribution in [0.1, 0.15) is 51.8 Å². The predicted molar refractivity (Wildman–Crippen MR) is 102 cm³/mol. The molecule has 2 atom stereocenters. The average Bonchev–Trinajstić information content (AvgIpc) is 2.59. The van der Waals surface area contributed by atoms with E-state index in [2.05, 4.69) is 12.1 Å². The first-order chi connectivity index (χ1) is 11.8. The van der Waals surface area contributed by atoms with E-state index < -0.39 is 5.60 Å². The second kappa shape index (κ2) is 8.30. The summed E-state index contributed by atoms with van der Waals surface area (Å²) in [6.45, 7) is 9.87. The van der Waals surface area contributed by atoms with Crippen LogP contribution in [0.25, 0.3) is 0 Å². The van der Waals surface area contributed by atoms with Gasteiger partial charge in [0.25, 0.3) is 0 Å². The monoisotopic (exact) mass is 339 g/mol. The van der Waals surface area contributed by atoms with Gasteiger partial charge in [-0.2, -0.15) is 0 Å². The Morgan fingerprint density at radius 1 is 0.960 bits per heavy atom. The molecule has 134 valence electrons. The lowest BCUT2D eigenvalue weighted by Crippen LogP contribution is -2.43. The Bertz CT molecular complexity index is 661. The summed E-state index contributed by atoms with van der Waals surface area (Å²) in [5, 5.41) is 1.56. The molecule has 1 amide bonds. The fraction of sp³-hybridized carbons (Fsp3) is 0.409. The van der Waals surface area contributed by atoms with E-state index in [4.69, 9.17) is 4.84 Å². The quantitative estimate of drug-likeness (QED) is 0.678. The molecule has 3 heteroatoms. The molecule has 0 aliphatic heterocycles. The maximum absolute atomic E-state index is 13.1. The van der Waals surface area contributed by atoms with Gasteiger partial charge in [-0.05, 0) is 45.2 Å². The molecule has 0 aromatic heterocycles. The van der Waals surface area contributed by atoms with Crippen molar-refractivity contribution >= 4 is 5.91 Å². The summed E-state index contributed by atoms with van der Waals surface area (Å²) in [6.07, 6.45) is 0.700. The molecule has 2 rings (SSSR count). The molecule has 0 fully saturated rings. The molecule has 0 aliphatic rings. The number of carbonyl (C=O) groups is 1. The molecule has 0 heterocycles. The van der Waals surface area contributed by atoms with Crippen LogP contribution in [0.4, 0.5) is 0 Å². The van der Waals surface area contributed by atoms with Crippen molar-refractivity contribution in [2.45, 2.75) is 52.7 Å². The molecule has 0 N–H and O–H groups in total. The second-order valence-electron chi connectivity index (χ2n) is 7.55. The zero-order valence-electron chi connectivity index (χ0n) is 15.9. The van der Waals surface area contributed by atoms with Crippen LogP contribution in [-0.2, 0) is 16.1 Å². The van der Waals surface area contributed by atoms with Crippen LogP contribution in [0, 0.1) is 5.92 Å². The van der Waals surface area contributed by atoms with E-state index in [1.807, 2.05) is 83.1 Å². The highest BCUT2D eigenvalue weighted by Gasteiger charge is 2.30. The summed E-state index contributed by atoms with van der Waals surface area (Å²) in [4.78, 5) is 19.2. The highest BCUT2D eigenvalue weighted by Crippen LogP contribution is 2.26. The molecule has 3 nitrogen and oxygen atoms in total. The minimum atomic E-state index is -0.439. The van der Waals surface area contributed by atoms with Crippen molar-refractivity contribution < 1.29 is 9.63 Å². The van der Waals surface area contributed by atoms with Crippen molar-refractivity contribution in [2.24, 2.45) is 5.92 Å². The predicted octanol–water partition coefficient (Wildman–Crippen LogP) is 5.19. The SMILES string of the molecule is C[C@H](c1ccccc1)N(OC(C)(C)C)C(=O)[C@@H](C)Cc1ccccc1. The van der Waals surface area contributed by atoms with Crippen LogP contribution >= 0.6 is 0 Å². The summed E-state index contributed by atoms with van der Waals surface area (Å²) in [5.41, 5.74) is 1.78. The normalized spacial score (nSPS) is 14.0. The number of nitrogens with zero attached hydrogens (tertiary/aromatic N) is 1. The summed E-state index contributed by atoms with van der Waals surface area (Å²) in [7, 11) is 0. The second-order valence-corrected chi connectivity index (χ2v) is 7.55. The molecular weight excluding hydrogens is 310 g/mol. The number of hydroxylamine groups is 2. The van der Waals surface area contributed by atoms with Gasteiger partial charge in [-0.3, -0.25) is 9.63 Å². The topological polar surface area (TPSA) is 29.5 Å². The van der Waals surface area contributed by atoms with Gasteiger partial charge >= 0.3 is 0 Å². The Hall–Kier alpha value is -2.13. The van der Waals surface area contributed by atoms with E-state index in [1.54, 1.807) is 5.06 Å². The van der Waals surface area contributed by atoms with E-state index in [0.29, 0.717) is 6.42 Å². The number of hydrogen-bond donors (Lipinski definition) is 0. The summed E-state index contributed by atoms with van der Waals surface area (Å²) in [5.74, 6) is -0.147. The smallest absolute Gasteiger partial charge is 0.249 e. The van der Waals surface area contributed by atoms with Crippen LogP contribution in [0.15, 0.2) is 60.7 Å². The maximum Gasteiger partial charge on any atom is 0.249 e. The van der Waals surface area contributed by atoms with Crippen LogP contribution in [0.2, 0.25) is 0 Å². The van der Waals surface area contributed by atoms with Crippen molar-refractivity contribution in [1.29, 1.82) is 0 Å². The number of benzene rings is 2. The zero-order chi connectivity index (χ0) is 18.4. The van der Waals surface area contributed by atoms with Crippen molar-refractivity contribution in [3.8, 4) is 0 Å². The van der Waals surface area contributed by atoms with Gasteiger partial charge in [0.15, 0.2) is 0 Å². The molecule has 0 unspecified atom stereocenters. The van der Waals surface area contributed by atoms with Crippen molar-refractivity contribution in [3.05, 3.63) is 71.8 Å². The van der Waals surface area contributed by atoms with E-state index >= 15 is 0 Å². The Kier molecular flexibility index (Phi) is 6.38. The fourth-order valence-corrected chi connectivity index (χ4v) is 2.75. The largest absolute Gasteiger partial charge is 0.272 e. The van der Waals surface area contributed by atoms with Gasteiger partial charge in [0.05, 0.1) is 11.6 Å². The first-order valence-electron chi connectivity index (χ1n) is 8.89. The third-order valence-electron chi connectivity index (χ3n) is 4.03. The summed E-state index contributed by atoms with van der Waals surface area (Å²) < 4.78 is 0. The summed E-state index contributed by atoms with van der Waals surface area (Å²) >= 11 is 0. The van der Waals surface area contributed by atoms with Crippen LogP contribution in [0.3, 0.4) is 0 Å². The maximum atomic E-state index is 13.1. The lowest BCUT2D eigenvalue weighted by atomic mass is 9.99. The van der Waals surface area contributed by atoms with Gasteiger partial charge in [0.1, 0.15) is 0 Å². The molecule has 0 saturated heterocycles. The molecule has 2 aromatic rings. The Labute approximate surface area is 151 Å². The highest BCUT2D eigenvalue weighted by atomic mass is 16.7. The van der Waals surface area contributed by atoms with Gasteiger partial charge in [-0.1, -0.05) is 67.6 Å². The minimum Gasteiger partial charge on any atom is -0.272 e. The third kappa shape index (κ3) is 5.71. The number of hydrogen-bond acceptors (Lipinski definition) is 2. The lowest BCUT2D eigenvalue weighted by Gasteiger charge is -2.35. The molecule has 0 radical (unpaired) electrons. The van der Waals surface area contributed by atoms with Crippen molar-refractivity contribution in [1.82, 2.24) is 5.06 Å². The Balaban J connectivity index is 2.20. The molecule has 2 aromatic carbocycles. The van der Waals surface area contributed by atoms with Crippen molar-refractivity contribution in [3.63, 3.8) is 0 Å². The van der Waals surface area contributed by atoms with Crippen LogP contribution in [-0.4, -0.2) is 16.6 Å². The van der Waals surface area contributed by atoms with Gasteiger partial charge in [-0.25, -0.2) is 5.06 Å². The first-order valence-corrected chi connectivity index (χ1v) is 8.89. The van der Waals surface area contributed by atoms with Crippen LogP contribution < -0.4 is 0 Å². The molecule has 0 aliphatic carbocycles. The first kappa shape index (κ1) is 19.2. The molecular formula is C22H29NO2. The number of carbonyl (C=O) groups excluding carboxylic acids is 1. The van der Waals surface area contributed by atoms with E-state index in [9.17, 15) is 4.79 Å². The Morgan fingerprint density at radius 3 is 2.00 bits per heavy atom. The van der Waals surface area contributed by atoms with E-state index in [0.717, 1.165) is 11.1 Å². The lowest BCUT2D eigenvalue weighted by molar-refractivity contribution is -0.245. The minimum absolute atomic E-state index is 0.00938. The molecule has 25 heavy (non-hydrogen) atoms. The molecule has 0 spiro atoms. The number of rotatable bonds is 6. The molecule has 0 saturated carbocycles. The highest BCUT2D eigenvalue weighted by molar-refractivity contribution is 5.78. The third-order valence-corrected chi connectivity index (χ3v) is 4.03. The van der Waals surface area contributed by atoms with Gasteiger partial charge < -0.3 is 0 Å². The molecule has 0 bridgehead atoms. The standard InChI is InChI=1S/C22H29NO2/c1-17(16-19-12-8-6-9-13-19)21(24)23(25-22(3,4)5)18(2)20-14-10-7-11-15-20/h6-15,17-18H,16H2,1-5H3/t17-,18+/m0/s1. The van der Waals surface area contributed by atoms with Crippen molar-refractivity contribution in [2.75, 3.05) is 0 Å². The van der Waals surface area contributed by atoms with E-state index in [1.165, 1.54) is 0 Å². The number of amides is 1. The zero-order valence-corrected chi connectivity index (χ0v) is 15.9. The Morgan fingerprint density at radius 2 is 1.48 bits per heavy atom. The van der Waals surface area contributed by atoms with Gasteiger partial charge in [0, 0.05) is 5.92 Å². The van der Waals surface area contributed by atoms with E-state index in [-0.39, 0.29) is 17.9 Å². The van der Waals surface area contributed by atoms with Gasteiger partial charge in [0.2, 0.25) is 5.91 Å². The van der Waals surface area contributed by atoms with Crippen LogP contribution in [0.5, 0.6) is 0 Å². The fourth-order valence-electron chi connectivity index (χ4n) is 2.75.